The maximum absolute atomic E-state index is 6.26. The predicted octanol–water partition coefficient (Wildman–Crippen LogP) is 4.64. The quantitative estimate of drug-likeness (QED) is 0.543. The third-order valence-corrected chi connectivity index (χ3v) is 6.76. The van der Waals surface area contributed by atoms with Gasteiger partial charge < -0.3 is 14.5 Å². The van der Waals surface area contributed by atoms with Crippen LogP contribution in [0, 0.1) is 6.92 Å². The molecule has 0 amide bonds. The molecule has 0 unspecified atom stereocenters. The van der Waals surface area contributed by atoms with Crippen LogP contribution in [-0.2, 0) is 6.42 Å². The lowest BCUT2D eigenvalue weighted by atomic mass is 10.1. The lowest BCUT2D eigenvalue weighted by Crippen LogP contribution is -2.38. The molecule has 31 heavy (non-hydrogen) atoms. The lowest BCUT2D eigenvalue weighted by Gasteiger charge is -2.32. The van der Waals surface area contributed by atoms with Crippen molar-refractivity contribution in [2.75, 3.05) is 35.7 Å². The largest absolute Gasteiger partial charge is 0.474 e. The molecule has 160 valence electrons. The minimum atomic E-state index is 0.166. The Morgan fingerprint density at radius 1 is 0.968 bits per heavy atom. The van der Waals surface area contributed by atoms with Crippen molar-refractivity contribution in [1.29, 1.82) is 0 Å². The number of rotatable bonds is 5. The van der Waals surface area contributed by atoms with Gasteiger partial charge in [-0.3, -0.25) is 0 Å². The molecular weight excluding hydrogens is 406 g/mol. The van der Waals surface area contributed by atoms with Crippen molar-refractivity contribution in [2.45, 2.75) is 37.2 Å². The fourth-order valence-corrected chi connectivity index (χ4v) is 4.77. The van der Waals surface area contributed by atoms with E-state index < -0.39 is 0 Å². The number of anilines is 3. The number of hydrogen-bond acceptors (Lipinski definition) is 7. The van der Waals surface area contributed by atoms with E-state index in [2.05, 4.69) is 68.3 Å². The molecule has 0 aliphatic carbocycles. The van der Waals surface area contributed by atoms with E-state index in [0.29, 0.717) is 5.88 Å². The molecule has 0 bridgehead atoms. The lowest BCUT2D eigenvalue weighted by molar-refractivity contribution is 0.163. The van der Waals surface area contributed by atoms with Gasteiger partial charge >= 0.3 is 0 Å². The van der Waals surface area contributed by atoms with Crippen LogP contribution in [0.25, 0.3) is 0 Å². The zero-order valence-corrected chi connectivity index (χ0v) is 18.8. The summed E-state index contributed by atoms with van der Waals surface area (Å²) < 4.78 is 6.26. The number of aromatic nitrogens is 3. The number of ether oxygens (including phenoxy) is 1. The van der Waals surface area contributed by atoms with E-state index in [1.165, 1.54) is 21.7 Å². The van der Waals surface area contributed by atoms with Crippen molar-refractivity contribution >= 4 is 29.1 Å². The highest BCUT2D eigenvalue weighted by Gasteiger charge is 2.24. The molecule has 4 heterocycles. The summed E-state index contributed by atoms with van der Waals surface area (Å²) in [4.78, 5) is 19.4. The SMILES string of the molecule is CSc1ccc2c(c1)CCN2c1cc(OC2CCN(c3ccc(C)cn3)CC2)ncn1. The first-order chi connectivity index (χ1) is 15.2. The van der Waals surface area contributed by atoms with Crippen molar-refractivity contribution in [1.82, 2.24) is 15.0 Å². The fourth-order valence-electron chi connectivity index (χ4n) is 4.31. The summed E-state index contributed by atoms with van der Waals surface area (Å²) in [5, 5.41) is 0. The predicted molar refractivity (Wildman–Crippen MR) is 126 cm³/mol. The van der Waals surface area contributed by atoms with Crippen molar-refractivity contribution < 1.29 is 4.74 Å². The van der Waals surface area contributed by atoms with Crippen LogP contribution in [0.4, 0.5) is 17.3 Å². The Morgan fingerprint density at radius 3 is 2.61 bits per heavy atom. The summed E-state index contributed by atoms with van der Waals surface area (Å²) in [6.07, 6.45) is 8.78. The Morgan fingerprint density at radius 2 is 1.84 bits per heavy atom. The Bertz CT molecular complexity index is 1050. The molecule has 0 atom stereocenters. The zero-order valence-electron chi connectivity index (χ0n) is 18.0. The summed E-state index contributed by atoms with van der Waals surface area (Å²) in [7, 11) is 0. The third-order valence-electron chi connectivity index (χ3n) is 6.04. The molecule has 1 saturated heterocycles. The highest BCUT2D eigenvalue weighted by atomic mass is 32.2. The number of aryl methyl sites for hydroxylation is 1. The van der Waals surface area contributed by atoms with Crippen molar-refractivity contribution in [3.8, 4) is 5.88 Å². The third kappa shape index (κ3) is 4.32. The maximum atomic E-state index is 6.26. The van der Waals surface area contributed by atoms with Gasteiger partial charge in [-0.1, -0.05) is 6.07 Å². The summed E-state index contributed by atoms with van der Waals surface area (Å²) in [5.41, 5.74) is 3.80. The first-order valence-electron chi connectivity index (χ1n) is 10.8. The molecule has 2 aliphatic rings. The molecule has 2 aliphatic heterocycles. The number of pyridine rings is 1. The molecule has 5 rings (SSSR count). The van der Waals surface area contributed by atoms with Crippen LogP contribution in [0.5, 0.6) is 5.88 Å². The number of fused-ring (bicyclic) bond motifs is 1. The topological polar surface area (TPSA) is 54.4 Å². The number of piperidine rings is 1. The average Bonchev–Trinajstić information content (AvgIpc) is 3.23. The Kier molecular flexibility index (Phi) is 5.68. The second-order valence-corrected chi connectivity index (χ2v) is 8.99. The summed E-state index contributed by atoms with van der Waals surface area (Å²) in [5.74, 6) is 2.61. The van der Waals surface area contributed by atoms with E-state index in [4.69, 9.17) is 4.74 Å². The highest BCUT2D eigenvalue weighted by molar-refractivity contribution is 7.98. The average molecular weight is 434 g/mol. The first kappa shape index (κ1) is 20.1. The van der Waals surface area contributed by atoms with Gasteiger partial charge in [-0.2, -0.15) is 0 Å². The minimum Gasteiger partial charge on any atom is -0.474 e. The molecule has 2 aromatic heterocycles. The Balaban J connectivity index is 1.23. The maximum Gasteiger partial charge on any atom is 0.218 e. The number of thioether (sulfide) groups is 1. The molecule has 7 heteroatoms. The normalized spacial score (nSPS) is 16.5. The number of benzene rings is 1. The van der Waals surface area contributed by atoms with Gasteiger partial charge in [-0.05, 0) is 55.0 Å². The van der Waals surface area contributed by atoms with E-state index in [1.807, 2.05) is 12.3 Å². The Hall–Kier alpha value is -2.80. The van der Waals surface area contributed by atoms with Gasteiger partial charge in [0.15, 0.2) is 0 Å². The van der Waals surface area contributed by atoms with Crippen molar-refractivity contribution in [3.05, 3.63) is 60.0 Å². The van der Waals surface area contributed by atoms with E-state index in [0.717, 1.165) is 50.5 Å². The van der Waals surface area contributed by atoms with Gasteiger partial charge in [-0.25, -0.2) is 15.0 Å². The minimum absolute atomic E-state index is 0.166. The second kappa shape index (κ2) is 8.75. The molecule has 0 spiro atoms. The molecular formula is C24H27N5OS. The smallest absolute Gasteiger partial charge is 0.218 e. The zero-order chi connectivity index (χ0) is 21.2. The molecule has 6 nitrogen and oxygen atoms in total. The highest BCUT2D eigenvalue weighted by Crippen LogP contribution is 2.36. The van der Waals surface area contributed by atoms with Gasteiger partial charge in [0.25, 0.3) is 0 Å². The van der Waals surface area contributed by atoms with Crippen LogP contribution in [0.2, 0.25) is 0 Å². The van der Waals surface area contributed by atoms with Gasteiger partial charge in [0.2, 0.25) is 5.88 Å². The van der Waals surface area contributed by atoms with Crippen molar-refractivity contribution in [2.24, 2.45) is 0 Å². The second-order valence-electron chi connectivity index (χ2n) is 8.11. The fraction of sp³-hybridized carbons (Fsp3) is 0.375. The van der Waals surface area contributed by atoms with Crippen LogP contribution < -0.4 is 14.5 Å². The summed E-state index contributed by atoms with van der Waals surface area (Å²) >= 11 is 1.78. The molecule has 1 fully saturated rings. The van der Waals surface area contributed by atoms with E-state index in [1.54, 1.807) is 18.1 Å². The van der Waals surface area contributed by atoms with Crippen LogP contribution in [-0.4, -0.2) is 46.9 Å². The van der Waals surface area contributed by atoms with E-state index >= 15 is 0 Å². The van der Waals surface area contributed by atoms with Crippen molar-refractivity contribution in [3.63, 3.8) is 0 Å². The van der Waals surface area contributed by atoms with Crippen LogP contribution in [0.1, 0.15) is 24.0 Å². The van der Waals surface area contributed by atoms with Gasteiger partial charge in [-0.15, -0.1) is 11.8 Å². The van der Waals surface area contributed by atoms with Crippen LogP contribution in [0.15, 0.2) is 53.8 Å². The van der Waals surface area contributed by atoms with E-state index in [9.17, 15) is 0 Å². The van der Waals surface area contributed by atoms with Crippen LogP contribution >= 0.6 is 11.8 Å². The van der Waals surface area contributed by atoms with Gasteiger partial charge in [0, 0.05) is 55.3 Å². The molecule has 0 N–H and O–H groups in total. The molecule has 3 aromatic rings. The molecule has 0 saturated carbocycles. The Labute approximate surface area is 187 Å². The number of nitrogens with zero attached hydrogens (tertiary/aromatic N) is 5. The summed E-state index contributed by atoms with van der Waals surface area (Å²) in [6.45, 7) is 4.88. The van der Waals surface area contributed by atoms with Gasteiger partial charge in [0.05, 0.1) is 0 Å². The monoisotopic (exact) mass is 433 g/mol. The number of hydrogen-bond donors (Lipinski definition) is 0. The van der Waals surface area contributed by atoms with Crippen LogP contribution in [0.3, 0.4) is 0 Å². The van der Waals surface area contributed by atoms with Gasteiger partial charge in [0.1, 0.15) is 24.1 Å². The molecule has 1 aromatic carbocycles. The first-order valence-corrected chi connectivity index (χ1v) is 12.0. The molecule has 0 radical (unpaired) electrons. The summed E-state index contributed by atoms with van der Waals surface area (Å²) in [6, 6.07) is 12.9. The standard InChI is InChI=1S/C24H27N5OS/c1-17-3-6-22(25-15-17)28-10-8-19(9-11-28)30-24-14-23(26-16-27-24)29-12-7-18-13-20(31-2)4-5-21(18)29/h3-6,13-16,19H,7-12H2,1-2H3. The van der Waals surface area contributed by atoms with E-state index in [-0.39, 0.29) is 6.10 Å².